The molecule has 1 aromatic heterocycles. The number of H-pyrrole nitrogens is 1. The highest BCUT2D eigenvalue weighted by Gasteiger charge is 2.32. The first-order chi connectivity index (χ1) is 14.1. The second kappa shape index (κ2) is 8.40. The van der Waals surface area contributed by atoms with Gasteiger partial charge in [0.1, 0.15) is 23.4 Å². The molecule has 0 spiro atoms. The number of hydrogen-bond donors (Lipinski definition) is 1. The van der Waals surface area contributed by atoms with Crippen molar-refractivity contribution in [3.63, 3.8) is 0 Å². The van der Waals surface area contributed by atoms with Gasteiger partial charge >= 0.3 is 0 Å². The van der Waals surface area contributed by atoms with Gasteiger partial charge in [-0.25, -0.2) is 9.37 Å². The number of nitrogens with zero attached hydrogens (tertiary/aromatic N) is 4. The molecule has 1 N–H and O–H groups in total. The molecule has 1 saturated heterocycles. The van der Waals surface area contributed by atoms with Gasteiger partial charge in [0, 0.05) is 25.2 Å². The fraction of sp³-hybridized carbons (Fsp3) is 0.286. The van der Waals surface area contributed by atoms with Gasteiger partial charge in [-0.1, -0.05) is 18.2 Å². The van der Waals surface area contributed by atoms with Crippen LogP contribution in [0.25, 0.3) is 11.4 Å². The Morgan fingerprint density at radius 2 is 1.93 bits per heavy atom. The van der Waals surface area contributed by atoms with E-state index in [1.54, 1.807) is 17.0 Å². The van der Waals surface area contributed by atoms with E-state index in [1.165, 1.54) is 12.1 Å². The zero-order valence-electron chi connectivity index (χ0n) is 16.1. The molecule has 29 heavy (non-hydrogen) atoms. The Morgan fingerprint density at radius 1 is 1.17 bits per heavy atom. The average molecular weight is 395 g/mol. The van der Waals surface area contributed by atoms with E-state index in [2.05, 4.69) is 20.1 Å². The maximum absolute atomic E-state index is 13.2. The van der Waals surface area contributed by atoms with Crippen molar-refractivity contribution in [3.8, 4) is 17.1 Å². The van der Waals surface area contributed by atoms with Crippen molar-refractivity contribution in [1.82, 2.24) is 25.0 Å². The zero-order chi connectivity index (χ0) is 20.2. The number of amides is 1. The smallest absolute Gasteiger partial charge is 0.261 e. The Kier molecular flexibility index (Phi) is 5.53. The maximum Gasteiger partial charge on any atom is 0.261 e. The first-order valence-corrected chi connectivity index (χ1v) is 9.44. The molecule has 0 unspecified atom stereocenters. The number of aromatic amines is 1. The number of hydrogen-bond acceptors (Lipinski definition) is 5. The Bertz CT molecular complexity index is 961. The molecule has 150 valence electrons. The number of halogens is 1. The lowest BCUT2D eigenvalue weighted by Crippen LogP contribution is -2.50. The highest BCUT2D eigenvalue weighted by atomic mass is 19.1. The van der Waals surface area contributed by atoms with Crippen LogP contribution in [0.3, 0.4) is 0 Å². The van der Waals surface area contributed by atoms with Crippen LogP contribution < -0.4 is 4.74 Å². The van der Waals surface area contributed by atoms with Crippen LogP contribution in [-0.4, -0.2) is 64.2 Å². The summed E-state index contributed by atoms with van der Waals surface area (Å²) in [5, 5.41) is 7.21. The van der Waals surface area contributed by atoms with Gasteiger partial charge in [-0.05, 0) is 43.4 Å². The van der Waals surface area contributed by atoms with E-state index >= 15 is 0 Å². The predicted octanol–water partition coefficient (Wildman–Crippen LogP) is 2.50. The van der Waals surface area contributed by atoms with Crippen molar-refractivity contribution < 1.29 is 13.9 Å². The molecule has 0 aliphatic carbocycles. The monoisotopic (exact) mass is 395 g/mol. The van der Waals surface area contributed by atoms with Crippen molar-refractivity contribution in [3.05, 3.63) is 66.2 Å². The summed E-state index contributed by atoms with van der Waals surface area (Å²) in [5.74, 6) is 1.31. The standard InChI is InChI=1S/C21H22FN5O2/c1-26-11-12-27(19(28)14-29-17-5-3-2-4-6-17)18(13-26)21-23-20(24-25-21)15-7-9-16(22)10-8-15/h2-10,18H,11-14H2,1H3,(H,23,24,25)/t18-/m1/s1. The molecule has 8 heteroatoms. The van der Waals surface area contributed by atoms with Crippen molar-refractivity contribution in [1.29, 1.82) is 0 Å². The quantitative estimate of drug-likeness (QED) is 0.719. The zero-order valence-corrected chi connectivity index (χ0v) is 16.1. The van der Waals surface area contributed by atoms with Crippen LogP contribution in [0.1, 0.15) is 11.9 Å². The van der Waals surface area contributed by atoms with E-state index in [1.807, 2.05) is 37.4 Å². The molecule has 1 amide bonds. The number of para-hydroxylation sites is 1. The Balaban J connectivity index is 1.50. The van der Waals surface area contributed by atoms with Crippen molar-refractivity contribution in [2.75, 3.05) is 33.3 Å². The van der Waals surface area contributed by atoms with Gasteiger partial charge in [0.15, 0.2) is 12.4 Å². The Morgan fingerprint density at radius 3 is 2.69 bits per heavy atom. The summed E-state index contributed by atoms with van der Waals surface area (Å²) in [7, 11) is 2.01. The van der Waals surface area contributed by atoms with Gasteiger partial charge in [-0.15, -0.1) is 0 Å². The highest BCUT2D eigenvalue weighted by molar-refractivity contribution is 5.78. The second-order valence-electron chi connectivity index (χ2n) is 7.02. The Labute approximate surface area is 168 Å². The number of carbonyl (C=O) groups is 1. The molecule has 1 atom stereocenters. The van der Waals surface area contributed by atoms with E-state index in [0.29, 0.717) is 36.1 Å². The fourth-order valence-electron chi connectivity index (χ4n) is 3.35. The molecule has 3 aromatic rings. The van der Waals surface area contributed by atoms with Crippen molar-refractivity contribution >= 4 is 5.91 Å². The third-order valence-electron chi connectivity index (χ3n) is 4.93. The van der Waals surface area contributed by atoms with Gasteiger partial charge in [0.2, 0.25) is 0 Å². The second-order valence-corrected chi connectivity index (χ2v) is 7.02. The first kappa shape index (κ1) is 19.1. The molecule has 2 aromatic carbocycles. The van der Waals surface area contributed by atoms with Crippen LogP contribution in [0.2, 0.25) is 0 Å². The molecule has 4 rings (SSSR count). The predicted molar refractivity (Wildman–Crippen MR) is 106 cm³/mol. The summed E-state index contributed by atoms with van der Waals surface area (Å²) in [5.41, 5.74) is 0.711. The number of piperazine rings is 1. The number of rotatable bonds is 5. The SMILES string of the molecule is CN1CCN(C(=O)COc2ccccc2)[C@@H](c2nc(-c3ccc(F)cc3)n[nH]2)C1. The van der Waals surface area contributed by atoms with Crippen LogP contribution in [0, 0.1) is 5.82 Å². The average Bonchev–Trinajstić information content (AvgIpc) is 3.23. The summed E-state index contributed by atoms with van der Waals surface area (Å²) in [6, 6.07) is 15.0. The van der Waals surface area contributed by atoms with E-state index in [9.17, 15) is 9.18 Å². The largest absolute Gasteiger partial charge is 0.484 e. The van der Waals surface area contributed by atoms with Crippen LogP contribution in [-0.2, 0) is 4.79 Å². The molecule has 2 heterocycles. The molecular formula is C21H22FN5O2. The highest BCUT2D eigenvalue weighted by Crippen LogP contribution is 2.25. The molecule has 1 aliphatic heterocycles. The third-order valence-corrected chi connectivity index (χ3v) is 4.93. The molecule has 0 bridgehead atoms. The van der Waals surface area contributed by atoms with Crippen LogP contribution in [0.4, 0.5) is 4.39 Å². The van der Waals surface area contributed by atoms with E-state index in [0.717, 1.165) is 6.54 Å². The Hall–Kier alpha value is -3.26. The van der Waals surface area contributed by atoms with Crippen LogP contribution in [0.5, 0.6) is 5.75 Å². The van der Waals surface area contributed by atoms with Crippen molar-refractivity contribution in [2.24, 2.45) is 0 Å². The van der Waals surface area contributed by atoms with Gasteiger partial charge < -0.3 is 14.5 Å². The van der Waals surface area contributed by atoms with E-state index in [-0.39, 0.29) is 24.4 Å². The van der Waals surface area contributed by atoms with Gasteiger partial charge in [-0.2, -0.15) is 5.10 Å². The molecular weight excluding hydrogens is 373 g/mol. The lowest BCUT2D eigenvalue weighted by molar-refractivity contribution is -0.138. The topological polar surface area (TPSA) is 74.3 Å². The number of nitrogens with one attached hydrogen (secondary N) is 1. The lowest BCUT2D eigenvalue weighted by Gasteiger charge is -2.38. The normalized spacial score (nSPS) is 17.3. The first-order valence-electron chi connectivity index (χ1n) is 9.44. The number of carbonyl (C=O) groups excluding carboxylic acids is 1. The van der Waals surface area contributed by atoms with Gasteiger partial charge in [-0.3, -0.25) is 9.89 Å². The van der Waals surface area contributed by atoms with Crippen LogP contribution in [0.15, 0.2) is 54.6 Å². The molecule has 1 fully saturated rings. The number of benzene rings is 2. The summed E-state index contributed by atoms with van der Waals surface area (Å²) in [6.07, 6.45) is 0. The molecule has 0 radical (unpaired) electrons. The van der Waals surface area contributed by atoms with Crippen LogP contribution >= 0.6 is 0 Å². The maximum atomic E-state index is 13.2. The fourth-order valence-corrected chi connectivity index (χ4v) is 3.35. The summed E-state index contributed by atoms with van der Waals surface area (Å²) < 4.78 is 18.8. The van der Waals surface area contributed by atoms with Crippen molar-refractivity contribution in [2.45, 2.75) is 6.04 Å². The summed E-state index contributed by atoms with van der Waals surface area (Å²) in [6.45, 7) is 1.94. The minimum absolute atomic E-state index is 0.0385. The van der Waals surface area contributed by atoms with E-state index in [4.69, 9.17) is 4.74 Å². The number of likely N-dealkylation sites (N-methyl/N-ethyl adjacent to an activating group) is 1. The summed E-state index contributed by atoms with van der Waals surface area (Å²) in [4.78, 5) is 21.3. The number of ether oxygens (including phenoxy) is 1. The minimum atomic E-state index is -0.311. The lowest BCUT2D eigenvalue weighted by atomic mass is 10.1. The van der Waals surface area contributed by atoms with Gasteiger partial charge in [0.25, 0.3) is 5.91 Å². The molecule has 7 nitrogen and oxygen atoms in total. The minimum Gasteiger partial charge on any atom is -0.484 e. The molecule has 1 aliphatic rings. The van der Waals surface area contributed by atoms with Gasteiger partial charge in [0.05, 0.1) is 0 Å². The van der Waals surface area contributed by atoms with E-state index < -0.39 is 0 Å². The molecule has 0 saturated carbocycles. The third kappa shape index (κ3) is 4.43. The summed E-state index contributed by atoms with van der Waals surface area (Å²) >= 11 is 0. The number of aromatic nitrogens is 3.